The van der Waals surface area contributed by atoms with Gasteiger partial charge in [0.2, 0.25) is 5.91 Å². The van der Waals surface area contributed by atoms with Crippen LogP contribution in [0.1, 0.15) is 18.4 Å². The van der Waals surface area contributed by atoms with Crippen molar-refractivity contribution in [3.63, 3.8) is 0 Å². The molecule has 2 aromatic heterocycles. The Bertz CT molecular complexity index is 1540. The number of ether oxygens (including phenoxy) is 2. The average Bonchev–Trinajstić information content (AvgIpc) is 3.41. The number of nitrogen functional groups attached to an aromatic ring is 1. The largest absolute Gasteiger partial charge is 0.462 e. The van der Waals surface area contributed by atoms with Crippen molar-refractivity contribution in [2.45, 2.75) is 31.1 Å². The number of pyridine rings is 1. The van der Waals surface area contributed by atoms with Gasteiger partial charge < -0.3 is 25.0 Å². The first-order valence-electron chi connectivity index (χ1n) is 14.1. The Morgan fingerprint density at radius 3 is 2.58 bits per heavy atom. The highest BCUT2D eigenvalue weighted by molar-refractivity contribution is 6.34. The summed E-state index contributed by atoms with van der Waals surface area (Å²) in [6, 6.07) is 5.67. The Morgan fingerprint density at radius 2 is 1.91 bits per heavy atom. The average molecular weight is 618 g/mol. The number of benzene rings is 1. The van der Waals surface area contributed by atoms with Crippen LogP contribution in [0.15, 0.2) is 36.9 Å². The SMILES string of the molecule is C=CC(=O)N1CCN(c2nc(OCC3CCCN3C3COC3)nc3cc(-c4nc(N)ccc4C(F)(F)F)c(Cl)cc23)CC1. The molecule has 2 N–H and O–H groups in total. The lowest BCUT2D eigenvalue weighted by molar-refractivity contribution is -0.137. The van der Waals surface area contributed by atoms with Gasteiger partial charge in [0.25, 0.3) is 0 Å². The second kappa shape index (κ2) is 11.8. The molecule has 5 heterocycles. The van der Waals surface area contributed by atoms with Crippen molar-refractivity contribution in [1.29, 1.82) is 0 Å². The van der Waals surface area contributed by atoms with Crippen molar-refractivity contribution in [2.24, 2.45) is 0 Å². The lowest BCUT2D eigenvalue weighted by atomic mass is 10.0. The van der Waals surface area contributed by atoms with Crippen LogP contribution in [0.3, 0.4) is 0 Å². The number of anilines is 2. The molecule has 3 aliphatic heterocycles. The van der Waals surface area contributed by atoms with Crippen molar-refractivity contribution in [3.05, 3.63) is 47.5 Å². The molecule has 1 amide bonds. The van der Waals surface area contributed by atoms with Crippen LogP contribution >= 0.6 is 11.6 Å². The van der Waals surface area contributed by atoms with Gasteiger partial charge in [-0.15, -0.1) is 0 Å². The fourth-order valence-corrected chi connectivity index (χ4v) is 6.13. The molecule has 0 aliphatic carbocycles. The fourth-order valence-electron chi connectivity index (χ4n) is 5.88. The molecule has 0 radical (unpaired) electrons. The lowest BCUT2D eigenvalue weighted by Gasteiger charge is -2.38. The normalized spacial score (nSPS) is 20.0. The van der Waals surface area contributed by atoms with Gasteiger partial charge >= 0.3 is 12.2 Å². The van der Waals surface area contributed by atoms with Crippen molar-refractivity contribution in [3.8, 4) is 17.3 Å². The smallest absolute Gasteiger partial charge is 0.418 e. The molecule has 0 bridgehead atoms. The maximum atomic E-state index is 13.9. The van der Waals surface area contributed by atoms with Gasteiger partial charge in [-0.25, -0.2) is 4.98 Å². The van der Waals surface area contributed by atoms with E-state index in [2.05, 4.69) is 21.4 Å². The maximum absolute atomic E-state index is 13.9. The molecule has 1 aromatic carbocycles. The number of nitrogens with zero attached hydrogens (tertiary/aromatic N) is 6. The molecule has 3 fully saturated rings. The first-order valence-corrected chi connectivity index (χ1v) is 14.5. The summed E-state index contributed by atoms with van der Waals surface area (Å²) in [5.41, 5.74) is 4.82. The number of hydrogen-bond acceptors (Lipinski definition) is 9. The van der Waals surface area contributed by atoms with Gasteiger partial charge in [0.15, 0.2) is 0 Å². The van der Waals surface area contributed by atoms with Crippen LogP contribution < -0.4 is 15.4 Å². The van der Waals surface area contributed by atoms with Crippen LogP contribution in [0.2, 0.25) is 5.02 Å². The van der Waals surface area contributed by atoms with Crippen molar-refractivity contribution >= 4 is 40.0 Å². The third kappa shape index (κ3) is 5.93. The second-order valence-corrected chi connectivity index (χ2v) is 11.3. The molecule has 3 aliphatic rings. The summed E-state index contributed by atoms with van der Waals surface area (Å²) in [7, 11) is 0. The third-order valence-electron chi connectivity index (χ3n) is 8.20. The highest BCUT2D eigenvalue weighted by atomic mass is 35.5. The van der Waals surface area contributed by atoms with E-state index in [4.69, 9.17) is 31.8 Å². The van der Waals surface area contributed by atoms with Crippen LogP contribution in [0.25, 0.3) is 22.2 Å². The number of carbonyl (C=O) groups is 1. The minimum atomic E-state index is -4.68. The Kier molecular flexibility index (Phi) is 8.05. The van der Waals surface area contributed by atoms with Gasteiger partial charge in [-0.2, -0.15) is 23.1 Å². The number of amides is 1. The number of likely N-dealkylation sites (tertiary alicyclic amines) is 1. The zero-order valence-electron chi connectivity index (χ0n) is 23.3. The summed E-state index contributed by atoms with van der Waals surface area (Å²) in [5.74, 6) is 0.292. The number of rotatable bonds is 7. The summed E-state index contributed by atoms with van der Waals surface area (Å²) in [5, 5.41) is 0.579. The van der Waals surface area contributed by atoms with Crippen molar-refractivity contribution in [2.75, 3.05) is 63.2 Å². The van der Waals surface area contributed by atoms with E-state index in [1.54, 1.807) is 11.0 Å². The molecule has 0 saturated carbocycles. The van der Waals surface area contributed by atoms with E-state index in [1.807, 2.05) is 4.90 Å². The van der Waals surface area contributed by atoms with Crippen LogP contribution in [-0.4, -0.2) is 95.3 Å². The van der Waals surface area contributed by atoms with E-state index in [0.717, 1.165) is 31.5 Å². The summed E-state index contributed by atoms with van der Waals surface area (Å²) in [6.07, 6.45) is -1.37. The lowest BCUT2D eigenvalue weighted by Crippen LogP contribution is -2.52. The number of nitrogens with two attached hydrogens (primary N) is 1. The number of halogens is 4. The quantitative estimate of drug-likeness (QED) is 0.393. The Morgan fingerprint density at radius 1 is 1.14 bits per heavy atom. The van der Waals surface area contributed by atoms with Gasteiger partial charge in [0, 0.05) is 43.2 Å². The fraction of sp³-hybridized carbons (Fsp3) is 0.448. The highest BCUT2D eigenvalue weighted by Gasteiger charge is 2.37. The monoisotopic (exact) mass is 617 g/mol. The van der Waals surface area contributed by atoms with Crippen LogP contribution in [0, 0.1) is 0 Å². The molecule has 6 rings (SSSR count). The summed E-state index contributed by atoms with van der Waals surface area (Å²) in [4.78, 5) is 31.6. The molecule has 10 nitrogen and oxygen atoms in total. The van der Waals surface area contributed by atoms with Gasteiger partial charge in [-0.05, 0) is 49.7 Å². The standard InChI is InChI=1S/C29H31ClF3N7O3/c1-2-25(41)38-8-10-39(11-9-38)27-20-12-22(30)19(26-21(29(31,32)33)5-6-24(34)36-26)13-23(20)35-28(37-27)43-16-17-4-3-7-40(17)18-14-42-15-18/h2,5-6,12-13,17-18H,1,3-4,7-11,14-16H2,(H2,34,36). The third-order valence-corrected chi connectivity index (χ3v) is 8.52. The Hall–Kier alpha value is -3.68. The highest BCUT2D eigenvalue weighted by Crippen LogP contribution is 2.41. The van der Waals surface area contributed by atoms with Crippen molar-refractivity contribution in [1.82, 2.24) is 24.8 Å². The second-order valence-electron chi connectivity index (χ2n) is 10.9. The molecule has 3 aromatic rings. The minimum absolute atomic E-state index is 0.0396. The molecular weight excluding hydrogens is 587 g/mol. The maximum Gasteiger partial charge on any atom is 0.418 e. The molecule has 3 saturated heterocycles. The predicted molar refractivity (Wildman–Crippen MR) is 156 cm³/mol. The predicted octanol–water partition coefficient (Wildman–Crippen LogP) is 4.02. The summed E-state index contributed by atoms with van der Waals surface area (Å²) < 4.78 is 53.4. The first-order chi connectivity index (χ1) is 20.6. The zero-order valence-corrected chi connectivity index (χ0v) is 24.1. The van der Waals surface area contributed by atoms with E-state index in [0.29, 0.717) is 68.8 Å². The number of carbonyl (C=O) groups excluding carboxylic acids is 1. The van der Waals surface area contributed by atoms with E-state index >= 15 is 0 Å². The zero-order chi connectivity index (χ0) is 30.3. The van der Waals surface area contributed by atoms with Gasteiger partial charge in [-0.3, -0.25) is 9.69 Å². The minimum Gasteiger partial charge on any atom is -0.462 e. The molecule has 43 heavy (non-hydrogen) atoms. The molecule has 1 unspecified atom stereocenters. The number of hydrogen-bond donors (Lipinski definition) is 1. The van der Waals surface area contributed by atoms with Crippen molar-refractivity contribution < 1.29 is 27.4 Å². The van der Waals surface area contributed by atoms with Crippen LogP contribution in [-0.2, 0) is 15.7 Å². The van der Waals surface area contributed by atoms with E-state index in [-0.39, 0.29) is 40.1 Å². The molecular formula is C29H31ClF3N7O3. The van der Waals surface area contributed by atoms with E-state index in [9.17, 15) is 18.0 Å². The van der Waals surface area contributed by atoms with E-state index in [1.165, 1.54) is 12.1 Å². The number of piperazine rings is 1. The molecule has 1 atom stereocenters. The Balaban J connectivity index is 1.39. The topological polar surface area (TPSA) is 110 Å². The Labute approximate surface area is 251 Å². The van der Waals surface area contributed by atoms with Gasteiger partial charge in [0.05, 0.1) is 41.1 Å². The number of aromatic nitrogens is 3. The van der Waals surface area contributed by atoms with E-state index < -0.39 is 11.7 Å². The summed E-state index contributed by atoms with van der Waals surface area (Å²) in [6.45, 7) is 8.13. The van der Waals surface area contributed by atoms with Gasteiger partial charge in [-0.1, -0.05) is 18.2 Å². The van der Waals surface area contributed by atoms with Gasteiger partial charge in [0.1, 0.15) is 18.2 Å². The molecule has 0 spiro atoms. The van der Waals surface area contributed by atoms with Crippen LogP contribution in [0.4, 0.5) is 24.8 Å². The number of fused-ring (bicyclic) bond motifs is 1. The molecule has 14 heteroatoms. The molecule has 228 valence electrons. The van der Waals surface area contributed by atoms with Crippen LogP contribution in [0.5, 0.6) is 6.01 Å². The first kappa shape index (κ1) is 29.4. The summed E-state index contributed by atoms with van der Waals surface area (Å²) >= 11 is 6.63. The number of alkyl halides is 3.